The number of hydrogen-bond donors (Lipinski definition) is 2. The second-order valence-corrected chi connectivity index (χ2v) is 5.96. The summed E-state index contributed by atoms with van der Waals surface area (Å²) in [6.45, 7) is 7.58. The molecule has 0 aliphatic carbocycles. The molecule has 0 saturated heterocycles. The van der Waals surface area contributed by atoms with Gasteiger partial charge in [0.05, 0.1) is 12.3 Å². The second-order valence-electron chi connectivity index (χ2n) is 4.88. The van der Waals surface area contributed by atoms with Crippen LogP contribution in [0, 0.1) is 6.92 Å². The van der Waals surface area contributed by atoms with Crippen LogP contribution in [0.4, 0.5) is 0 Å². The summed E-state index contributed by atoms with van der Waals surface area (Å²) in [5.41, 5.74) is 1.11. The van der Waals surface area contributed by atoms with Crippen molar-refractivity contribution < 1.29 is 14.4 Å². The van der Waals surface area contributed by atoms with Crippen LogP contribution in [0.1, 0.15) is 48.5 Å². The number of amides is 1. The number of aromatic nitrogens is 1. The molecule has 0 radical (unpaired) electrons. The number of aliphatic hydroxyl groups is 1. The van der Waals surface area contributed by atoms with Gasteiger partial charge in [-0.3, -0.25) is 4.79 Å². The molecule has 0 fully saturated rings. The molecule has 0 saturated carbocycles. The summed E-state index contributed by atoms with van der Waals surface area (Å²) < 4.78 is 5.21. The first kappa shape index (κ1) is 16.0. The van der Waals surface area contributed by atoms with Gasteiger partial charge >= 0.3 is 0 Å². The lowest BCUT2D eigenvalue weighted by molar-refractivity contribution is 0.0933. The van der Waals surface area contributed by atoms with Gasteiger partial charge in [0.15, 0.2) is 5.76 Å². The fraction of sp³-hybridized carbons (Fsp3) is 0.692. The Bertz CT molecular complexity index is 428. The van der Waals surface area contributed by atoms with Gasteiger partial charge in [-0.2, -0.15) is 11.8 Å². The van der Waals surface area contributed by atoms with E-state index in [0.29, 0.717) is 17.0 Å². The van der Waals surface area contributed by atoms with Gasteiger partial charge in [-0.15, -0.1) is 0 Å². The molecule has 2 N–H and O–H groups in total. The third kappa shape index (κ3) is 3.73. The van der Waals surface area contributed by atoms with E-state index in [1.54, 1.807) is 6.92 Å². The van der Waals surface area contributed by atoms with Gasteiger partial charge in [0.2, 0.25) is 0 Å². The largest absolute Gasteiger partial charge is 0.395 e. The van der Waals surface area contributed by atoms with Crippen LogP contribution in [0.3, 0.4) is 0 Å². The van der Waals surface area contributed by atoms with Crippen molar-refractivity contribution in [3.8, 4) is 0 Å². The van der Waals surface area contributed by atoms with Gasteiger partial charge < -0.3 is 14.9 Å². The summed E-state index contributed by atoms with van der Waals surface area (Å²) >= 11 is 1.53. The molecule has 1 rings (SSSR count). The summed E-state index contributed by atoms with van der Waals surface area (Å²) in [6, 6.07) is -0.123. The number of carbonyl (C=O) groups is 1. The monoisotopic (exact) mass is 286 g/mol. The number of nitrogens with one attached hydrogen (secondary N) is 1. The van der Waals surface area contributed by atoms with Crippen molar-refractivity contribution in [3.63, 3.8) is 0 Å². The first-order valence-electron chi connectivity index (χ1n) is 6.33. The highest BCUT2D eigenvalue weighted by molar-refractivity contribution is 7.99. The summed E-state index contributed by atoms with van der Waals surface area (Å²) in [4.78, 5) is 12.3. The van der Waals surface area contributed by atoms with Crippen molar-refractivity contribution in [2.45, 2.75) is 44.9 Å². The lowest BCUT2D eigenvalue weighted by Gasteiger charge is -2.21. The van der Waals surface area contributed by atoms with E-state index in [1.807, 2.05) is 27.0 Å². The molecule has 19 heavy (non-hydrogen) atoms. The third-order valence-corrected chi connectivity index (χ3v) is 4.20. The highest BCUT2D eigenvalue weighted by Crippen LogP contribution is 2.22. The minimum atomic E-state index is -0.192. The van der Waals surface area contributed by atoms with E-state index >= 15 is 0 Å². The Morgan fingerprint density at radius 2 is 2.11 bits per heavy atom. The molecule has 2 unspecified atom stereocenters. The maximum atomic E-state index is 12.3. The predicted molar refractivity (Wildman–Crippen MR) is 76.6 cm³/mol. The Morgan fingerprint density at radius 3 is 2.58 bits per heavy atom. The van der Waals surface area contributed by atoms with Crippen molar-refractivity contribution in [1.82, 2.24) is 10.5 Å². The first-order chi connectivity index (χ1) is 8.92. The molecule has 0 bridgehead atoms. The van der Waals surface area contributed by atoms with Crippen LogP contribution in [0.25, 0.3) is 0 Å². The number of aliphatic hydroxyl groups excluding tert-OH is 1. The van der Waals surface area contributed by atoms with E-state index in [2.05, 4.69) is 10.5 Å². The summed E-state index contributed by atoms with van der Waals surface area (Å²) in [5, 5.41) is 16.0. The van der Waals surface area contributed by atoms with Crippen LogP contribution >= 0.6 is 11.8 Å². The molecule has 1 heterocycles. The average molecular weight is 286 g/mol. The molecule has 0 aliphatic heterocycles. The Kier molecular flexibility index (Phi) is 5.87. The van der Waals surface area contributed by atoms with Crippen LogP contribution in [0.2, 0.25) is 0 Å². The Labute approximate surface area is 118 Å². The fourth-order valence-corrected chi connectivity index (χ4v) is 2.49. The molecular weight excluding hydrogens is 264 g/mol. The van der Waals surface area contributed by atoms with E-state index < -0.39 is 0 Å². The molecule has 2 atom stereocenters. The maximum absolute atomic E-state index is 12.3. The lowest BCUT2D eigenvalue weighted by Crippen LogP contribution is -2.41. The zero-order valence-electron chi connectivity index (χ0n) is 12.1. The maximum Gasteiger partial charge on any atom is 0.257 e. The van der Waals surface area contributed by atoms with Crippen LogP contribution in [-0.2, 0) is 0 Å². The van der Waals surface area contributed by atoms with Crippen LogP contribution < -0.4 is 5.32 Å². The number of hydrogen-bond acceptors (Lipinski definition) is 5. The molecule has 6 heteroatoms. The number of nitrogens with zero attached hydrogens (tertiary/aromatic N) is 1. The Hall–Kier alpha value is -1.01. The summed E-state index contributed by atoms with van der Waals surface area (Å²) in [7, 11) is 0. The minimum Gasteiger partial charge on any atom is -0.395 e. The van der Waals surface area contributed by atoms with E-state index in [0.717, 1.165) is 0 Å². The molecule has 0 aliphatic rings. The van der Waals surface area contributed by atoms with Gasteiger partial charge in [-0.05, 0) is 20.1 Å². The topological polar surface area (TPSA) is 75.4 Å². The lowest BCUT2D eigenvalue weighted by atomic mass is 10.0. The molecular formula is C13H22N2O3S. The average Bonchev–Trinajstić information content (AvgIpc) is 2.72. The second kappa shape index (κ2) is 6.96. The Morgan fingerprint density at radius 1 is 1.47 bits per heavy atom. The molecule has 0 spiro atoms. The van der Waals surface area contributed by atoms with E-state index in [-0.39, 0.29) is 29.7 Å². The number of carbonyl (C=O) groups excluding carboxylic acids is 1. The van der Waals surface area contributed by atoms with Crippen molar-refractivity contribution in [1.29, 1.82) is 0 Å². The number of rotatable bonds is 6. The van der Waals surface area contributed by atoms with Crippen LogP contribution in [0.15, 0.2) is 4.52 Å². The fourth-order valence-electron chi connectivity index (χ4n) is 1.87. The van der Waals surface area contributed by atoms with Crippen molar-refractivity contribution in [3.05, 3.63) is 17.0 Å². The predicted octanol–water partition coefficient (Wildman–Crippen LogP) is 1.95. The molecule has 5 nitrogen and oxygen atoms in total. The van der Waals surface area contributed by atoms with Gasteiger partial charge in [-0.1, -0.05) is 19.0 Å². The summed E-state index contributed by atoms with van der Waals surface area (Å²) in [6.07, 6.45) is 1.91. The van der Waals surface area contributed by atoms with E-state index in [4.69, 9.17) is 4.52 Å². The van der Waals surface area contributed by atoms with E-state index in [9.17, 15) is 9.90 Å². The molecule has 108 valence electrons. The van der Waals surface area contributed by atoms with E-state index in [1.165, 1.54) is 11.8 Å². The number of aryl methyl sites for hydroxylation is 1. The van der Waals surface area contributed by atoms with Gasteiger partial charge in [0.25, 0.3) is 5.91 Å². The normalized spacial score (nSPS) is 14.5. The zero-order chi connectivity index (χ0) is 14.6. The molecule has 0 aromatic carbocycles. The summed E-state index contributed by atoms with van der Waals surface area (Å²) in [5.74, 6) is 0.515. The molecule has 1 aromatic rings. The standard InChI is InChI=1S/C13H22N2O3S/c1-7(2)12-11(9(4)15-18-12)13(17)14-8(3)10(6-16)19-5/h7-8,10,16H,6H2,1-5H3,(H,14,17). The van der Waals surface area contributed by atoms with Gasteiger partial charge in [0, 0.05) is 17.2 Å². The minimum absolute atomic E-state index is 0.0217. The zero-order valence-corrected chi connectivity index (χ0v) is 12.9. The Balaban J connectivity index is 2.87. The van der Waals surface area contributed by atoms with Gasteiger partial charge in [0.1, 0.15) is 5.56 Å². The molecule has 1 aromatic heterocycles. The quantitative estimate of drug-likeness (QED) is 0.836. The van der Waals surface area contributed by atoms with Crippen LogP contribution in [0.5, 0.6) is 0 Å². The first-order valence-corrected chi connectivity index (χ1v) is 7.61. The SMILES string of the molecule is CSC(CO)C(C)NC(=O)c1c(C)noc1C(C)C. The highest BCUT2D eigenvalue weighted by Gasteiger charge is 2.25. The number of thioether (sulfide) groups is 1. The molecule has 1 amide bonds. The smallest absolute Gasteiger partial charge is 0.257 e. The van der Waals surface area contributed by atoms with Gasteiger partial charge in [-0.25, -0.2) is 0 Å². The highest BCUT2D eigenvalue weighted by atomic mass is 32.2. The van der Waals surface area contributed by atoms with Crippen molar-refractivity contribution >= 4 is 17.7 Å². The van der Waals surface area contributed by atoms with Crippen molar-refractivity contribution in [2.75, 3.05) is 12.9 Å². The van der Waals surface area contributed by atoms with Crippen molar-refractivity contribution in [2.24, 2.45) is 0 Å². The third-order valence-electron chi connectivity index (χ3n) is 3.04. The van der Waals surface area contributed by atoms with Crippen LogP contribution in [-0.4, -0.2) is 40.3 Å².